The second kappa shape index (κ2) is 7.93. The van der Waals surface area contributed by atoms with E-state index in [-0.39, 0.29) is 12.3 Å². The first-order valence-electron chi connectivity index (χ1n) is 8.91. The average molecular weight is 390 g/mol. The molecule has 1 atom stereocenters. The SMILES string of the molecule is COc1ccc(C=NNC(=O)CC2C(=O)NN=C3c4ccccc4N=CN32)cc1. The summed E-state index contributed by atoms with van der Waals surface area (Å²) in [5.41, 5.74) is 7.28. The number of hydrogen-bond acceptors (Lipinski definition) is 7. The van der Waals surface area contributed by atoms with Crippen LogP contribution in [0.4, 0.5) is 5.69 Å². The Bertz CT molecular complexity index is 1030. The molecule has 4 rings (SSSR count). The molecule has 2 amide bonds. The van der Waals surface area contributed by atoms with Gasteiger partial charge in [-0.25, -0.2) is 15.8 Å². The van der Waals surface area contributed by atoms with Gasteiger partial charge in [0.1, 0.15) is 11.8 Å². The van der Waals surface area contributed by atoms with Gasteiger partial charge in [0.2, 0.25) is 5.91 Å². The van der Waals surface area contributed by atoms with Gasteiger partial charge in [0, 0.05) is 5.56 Å². The Morgan fingerprint density at radius 2 is 2.07 bits per heavy atom. The van der Waals surface area contributed by atoms with Crippen LogP contribution >= 0.6 is 0 Å². The Kier molecular flexibility index (Phi) is 5.02. The van der Waals surface area contributed by atoms with Crippen molar-refractivity contribution in [2.75, 3.05) is 7.11 Å². The zero-order valence-electron chi connectivity index (χ0n) is 15.6. The molecule has 2 aromatic rings. The van der Waals surface area contributed by atoms with Crippen LogP contribution in [0.5, 0.6) is 5.75 Å². The Morgan fingerprint density at radius 1 is 1.28 bits per heavy atom. The summed E-state index contributed by atoms with van der Waals surface area (Å²) in [5.74, 6) is 0.503. The number of methoxy groups -OCH3 is 1. The summed E-state index contributed by atoms with van der Waals surface area (Å²) in [6, 6.07) is 13.9. The minimum atomic E-state index is -0.768. The van der Waals surface area contributed by atoms with Crippen molar-refractivity contribution in [2.24, 2.45) is 15.2 Å². The number of hydrogen-bond donors (Lipinski definition) is 2. The van der Waals surface area contributed by atoms with Gasteiger partial charge in [0.25, 0.3) is 5.91 Å². The molecular formula is C20H18N6O3. The number of nitrogens with zero attached hydrogens (tertiary/aromatic N) is 4. The van der Waals surface area contributed by atoms with Crippen molar-refractivity contribution in [3.8, 4) is 5.75 Å². The van der Waals surface area contributed by atoms with Crippen LogP contribution in [0, 0.1) is 0 Å². The minimum Gasteiger partial charge on any atom is -0.497 e. The van der Waals surface area contributed by atoms with Gasteiger partial charge in [-0.2, -0.15) is 10.2 Å². The maximum Gasteiger partial charge on any atom is 0.263 e. The number of fused-ring (bicyclic) bond motifs is 3. The maximum atomic E-state index is 12.3. The molecule has 0 saturated heterocycles. The molecule has 0 aromatic heterocycles. The van der Waals surface area contributed by atoms with Crippen LogP contribution in [-0.2, 0) is 9.59 Å². The molecule has 0 fully saturated rings. The number of ether oxygens (including phenoxy) is 1. The second-order valence-electron chi connectivity index (χ2n) is 6.37. The molecule has 0 radical (unpaired) electrons. The topological polar surface area (TPSA) is 108 Å². The van der Waals surface area contributed by atoms with E-state index >= 15 is 0 Å². The third kappa shape index (κ3) is 3.84. The zero-order valence-corrected chi connectivity index (χ0v) is 15.6. The number of para-hydroxylation sites is 1. The first kappa shape index (κ1) is 18.4. The van der Waals surface area contributed by atoms with E-state index in [1.807, 2.05) is 36.4 Å². The number of carbonyl (C=O) groups is 2. The highest BCUT2D eigenvalue weighted by atomic mass is 16.5. The fourth-order valence-corrected chi connectivity index (χ4v) is 3.03. The van der Waals surface area contributed by atoms with Gasteiger partial charge in [0.05, 0.1) is 31.8 Å². The van der Waals surface area contributed by atoms with Crippen LogP contribution in [-0.4, -0.2) is 48.3 Å². The highest BCUT2D eigenvalue weighted by Crippen LogP contribution is 2.27. The second-order valence-corrected chi connectivity index (χ2v) is 6.37. The Labute approximate surface area is 166 Å². The first-order valence-corrected chi connectivity index (χ1v) is 8.91. The molecule has 146 valence electrons. The number of nitrogens with one attached hydrogen (secondary N) is 2. The van der Waals surface area contributed by atoms with Crippen LogP contribution in [0.25, 0.3) is 0 Å². The average Bonchev–Trinajstić information content (AvgIpc) is 2.76. The molecule has 0 bridgehead atoms. The molecule has 0 spiro atoms. The number of benzene rings is 2. The molecule has 9 nitrogen and oxygen atoms in total. The van der Waals surface area contributed by atoms with Crippen LogP contribution in [0.3, 0.4) is 0 Å². The quantitative estimate of drug-likeness (QED) is 0.594. The lowest BCUT2D eigenvalue weighted by Crippen LogP contribution is -2.55. The monoisotopic (exact) mass is 390 g/mol. The molecule has 2 aliphatic heterocycles. The molecular weight excluding hydrogens is 372 g/mol. The summed E-state index contributed by atoms with van der Waals surface area (Å²) in [6.07, 6.45) is 2.95. The highest BCUT2D eigenvalue weighted by Gasteiger charge is 2.36. The lowest BCUT2D eigenvalue weighted by molar-refractivity contribution is -0.130. The predicted molar refractivity (Wildman–Crippen MR) is 108 cm³/mol. The summed E-state index contributed by atoms with van der Waals surface area (Å²) in [6.45, 7) is 0. The van der Waals surface area contributed by atoms with Gasteiger partial charge in [-0.15, -0.1) is 0 Å². The van der Waals surface area contributed by atoms with E-state index in [2.05, 4.69) is 26.0 Å². The van der Waals surface area contributed by atoms with E-state index in [0.717, 1.165) is 22.6 Å². The van der Waals surface area contributed by atoms with Crippen molar-refractivity contribution in [1.29, 1.82) is 0 Å². The van der Waals surface area contributed by atoms with E-state index in [9.17, 15) is 9.59 Å². The van der Waals surface area contributed by atoms with Gasteiger partial charge < -0.3 is 9.64 Å². The molecule has 1 unspecified atom stereocenters. The van der Waals surface area contributed by atoms with Crippen molar-refractivity contribution < 1.29 is 14.3 Å². The van der Waals surface area contributed by atoms with Gasteiger partial charge in [-0.3, -0.25) is 9.59 Å². The Morgan fingerprint density at radius 3 is 2.86 bits per heavy atom. The van der Waals surface area contributed by atoms with Gasteiger partial charge in [0.15, 0.2) is 5.84 Å². The molecule has 2 heterocycles. The zero-order chi connectivity index (χ0) is 20.2. The number of aliphatic imine (C=N–C) groups is 1. The lowest BCUT2D eigenvalue weighted by Gasteiger charge is -2.34. The summed E-state index contributed by atoms with van der Waals surface area (Å²) < 4.78 is 5.09. The van der Waals surface area contributed by atoms with E-state index in [4.69, 9.17) is 4.74 Å². The maximum absolute atomic E-state index is 12.3. The van der Waals surface area contributed by atoms with Gasteiger partial charge in [-0.1, -0.05) is 12.1 Å². The summed E-state index contributed by atoms with van der Waals surface area (Å²) in [7, 11) is 1.59. The summed E-state index contributed by atoms with van der Waals surface area (Å²) >= 11 is 0. The van der Waals surface area contributed by atoms with Gasteiger partial charge >= 0.3 is 0 Å². The van der Waals surface area contributed by atoms with Crippen LogP contribution < -0.4 is 15.6 Å². The van der Waals surface area contributed by atoms with Crippen LogP contribution in [0.1, 0.15) is 17.5 Å². The fourth-order valence-electron chi connectivity index (χ4n) is 3.03. The lowest BCUT2D eigenvalue weighted by atomic mass is 10.1. The van der Waals surface area contributed by atoms with Gasteiger partial charge in [-0.05, 0) is 42.0 Å². The highest BCUT2D eigenvalue weighted by molar-refractivity contribution is 6.14. The summed E-state index contributed by atoms with van der Waals surface area (Å²) in [5, 5.41) is 8.08. The number of rotatable bonds is 5. The fraction of sp³-hybridized carbons (Fsp3) is 0.150. The van der Waals surface area contributed by atoms with E-state index in [0.29, 0.717) is 5.84 Å². The van der Waals surface area contributed by atoms with Crippen molar-refractivity contribution in [1.82, 2.24) is 15.8 Å². The van der Waals surface area contributed by atoms with E-state index in [1.165, 1.54) is 12.6 Å². The number of amides is 2. The standard InChI is InChI=1S/C20H18N6O3/c1-29-14-8-6-13(7-9-14)11-22-23-18(27)10-17-20(28)25-24-19-15-4-2-3-5-16(15)21-12-26(17)19/h2-9,11-12,17H,10H2,1H3,(H,23,27)(H,25,28). The van der Waals surface area contributed by atoms with Crippen LogP contribution in [0.15, 0.2) is 63.7 Å². The largest absolute Gasteiger partial charge is 0.497 e. The molecule has 2 N–H and O–H groups in total. The Hall–Kier alpha value is -4.01. The normalized spacial score (nSPS) is 17.3. The van der Waals surface area contributed by atoms with Crippen LogP contribution in [0.2, 0.25) is 0 Å². The first-order chi connectivity index (χ1) is 14.2. The van der Waals surface area contributed by atoms with E-state index < -0.39 is 11.9 Å². The summed E-state index contributed by atoms with van der Waals surface area (Å²) in [4.78, 5) is 30.6. The number of amidine groups is 1. The smallest absolute Gasteiger partial charge is 0.263 e. The molecule has 9 heteroatoms. The van der Waals surface area contributed by atoms with Crippen molar-refractivity contribution in [2.45, 2.75) is 12.5 Å². The molecule has 2 aromatic carbocycles. The third-order valence-electron chi connectivity index (χ3n) is 4.52. The molecule has 2 aliphatic rings. The number of carbonyl (C=O) groups excluding carboxylic acids is 2. The minimum absolute atomic E-state index is 0.0982. The Balaban J connectivity index is 1.42. The molecule has 0 aliphatic carbocycles. The van der Waals surface area contributed by atoms with E-state index in [1.54, 1.807) is 24.1 Å². The molecule has 29 heavy (non-hydrogen) atoms. The number of hydrazone groups is 2. The van der Waals surface area contributed by atoms with Crippen molar-refractivity contribution in [3.63, 3.8) is 0 Å². The van der Waals surface area contributed by atoms with Crippen molar-refractivity contribution in [3.05, 3.63) is 59.7 Å². The van der Waals surface area contributed by atoms with Crippen molar-refractivity contribution >= 4 is 35.9 Å². The molecule has 0 saturated carbocycles. The predicted octanol–water partition coefficient (Wildman–Crippen LogP) is 1.37. The third-order valence-corrected chi connectivity index (χ3v) is 4.52.